The molecule has 134 valence electrons. The van der Waals surface area contributed by atoms with Gasteiger partial charge in [-0.2, -0.15) is 0 Å². The molecule has 24 heavy (non-hydrogen) atoms. The summed E-state index contributed by atoms with van der Waals surface area (Å²) in [6.07, 6.45) is 2.82. The summed E-state index contributed by atoms with van der Waals surface area (Å²) in [5, 5.41) is 17.2. The molecule has 0 spiro atoms. The molecule has 1 aromatic carbocycles. The molecular formula is C16H25ClN4O3. The molecular weight excluding hydrogens is 332 g/mol. The number of nitro groups is 1. The van der Waals surface area contributed by atoms with Gasteiger partial charge in [-0.1, -0.05) is 19.1 Å². The molecule has 1 fully saturated rings. The van der Waals surface area contributed by atoms with Crippen LogP contribution in [0.4, 0.5) is 11.4 Å². The van der Waals surface area contributed by atoms with Crippen molar-refractivity contribution in [2.45, 2.75) is 32.2 Å². The molecule has 1 aliphatic heterocycles. The van der Waals surface area contributed by atoms with Gasteiger partial charge in [-0.15, -0.1) is 12.4 Å². The van der Waals surface area contributed by atoms with E-state index < -0.39 is 4.92 Å². The molecule has 8 heteroatoms. The van der Waals surface area contributed by atoms with Gasteiger partial charge in [0.2, 0.25) is 5.91 Å². The fourth-order valence-electron chi connectivity index (χ4n) is 2.92. The van der Waals surface area contributed by atoms with Gasteiger partial charge in [-0.3, -0.25) is 14.9 Å². The Morgan fingerprint density at radius 3 is 2.67 bits per heavy atom. The quantitative estimate of drug-likeness (QED) is 0.578. The van der Waals surface area contributed by atoms with E-state index in [1.165, 1.54) is 6.07 Å². The number of benzene rings is 1. The van der Waals surface area contributed by atoms with Crippen LogP contribution < -0.4 is 10.6 Å². The van der Waals surface area contributed by atoms with Gasteiger partial charge in [-0.05, 0) is 38.4 Å². The Labute approximate surface area is 148 Å². The van der Waals surface area contributed by atoms with Crippen molar-refractivity contribution < 1.29 is 9.72 Å². The monoisotopic (exact) mass is 356 g/mol. The van der Waals surface area contributed by atoms with Gasteiger partial charge in [0.25, 0.3) is 5.69 Å². The number of amides is 1. The Hall–Kier alpha value is -1.86. The minimum Gasteiger partial charge on any atom is -0.371 e. The lowest BCUT2D eigenvalue weighted by molar-refractivity contribution is -0.383. The molecule has 2 N–H and O–H groups in total. The van der Waals surface area contributed by atoms with Crippen LogP contribution in [0.1, 0.15) is 26.2 Å². The topological polar surface area (TPSA) is 87.5 Å². The van der Waals surface area contributed by atoms with Crippen LogP contribution in [0.2, 0.25) is 0 Å². The molecule has 0 atom stereocenters. The molecule has 0 saturated carbocycles. The Morgan fingerprint density at radius 2 is 2.04 bits per heavy atom. The van der Waals surface area contributed by atoms with Gasteiger partial charge in [-0.25, -0.2) is 0 Å². The first-order chi connectivity index (χ1) is 11.1. The normalized spacial score (nSPS) is 14.5. The number of carbonyl (C=O) groups excluding carboxylic acids is 1. The van der Waals surface area contributed by atoms with E-state index in [0.29, 0.717) is 5.69 Å². The molecule has 7 nitrogen and oxygen atoms in total. The lowest BCUT2D eigenvalue weighted by atomic mass is 10.0. The second kappa shape index (κ2) is 10.1. The molecule has 0 bridgehead atoms. The van der Waals surface area contributed by atoms with Crippen molar-refractivity contribution in [2.75, 3.05) is 31.5 Å². The predicted molar refractivity (Wildman–Crippen MR) is 96.7 cm³/mol. The maximum atomic E-state index is 12.6. The molecule has 1 heterocycles. The number of carbonyl (C=O) groups is 1. The largest absolute Gasteiger partial charge is 0.371 e. The van der Waals surface area contributed by atoms with Gasteiger partial charge in [0.1, 0.15) is 5.69 Å². The number of hydrogen-bond acceptors (Lipinski definition) is 5. The average molecular weight is 357 g/mol. The van der Waals surface area contributed by atoms with Crippen LogP contribution in [0.15, 0.2) is 24.3 Å². The fourth-order valence-corrected chi connectivity index (χ4v) is 2.92. The zero-order chi connectivity index (χ0) is 16.7. The van der Waals surface area contributed by atoms with Gasteiger partial charge in [0.15, 0.2) is 0 Å². The zero-order valence-corrected chi connectivity index (χ0v) is 14.7. The van der Waals surface area contributed by atoms with Crippen LogP contribution in [0, 0.1) is 10.1 Å². The van der Waals surface area contributed by atoms with Crippen molar-refractivity contribution in [3.8, 4) is 0 Å². The summed E-state index contributed by atoms with van der Waals surface area (Å²) in [7, 11) is 0. The first kappa shape index (κ1) is 20.2. The van der Waals surface area contributed by atoms with Gasteiger partial charge >= 0.3 is 0 Å². The maximum absolute atomic E-state index is 12.6. The number of anilines is 1. The molecule has 1 saturated heterocycles. The fraction of sp³-hybridized carbons (Fsp3) is 0.562. The van der Waals surface area contributed by atoms with Crippen LogP contribution in [-0.4, -0.2) is 48.0 Å². The van der Waals surface area contributed by atoms with E-state index in [1.807, 2.05) is 4.90 Å². The summed E-state index contributed by atoms with van der Waals surface area (Å²) in [5.74, 6) is -0.00287. The van der Waals surface area contributed by atoms with Crippen LogP contribution >= 0.6 is 12.4 Å². The first-order valence-corrected chi connectivity index (χ1v) is 8.11. The molecule has 2 rings (SSSR count). The number of hydrogen-bond donors (Lipinski definition) is 2. The molecule has 1 aliphatic rings. The van der Waals surface area contributed by atoms with Crippen LogP contribution in [-0.2, 0) is 4.79 Å². The predicted octanol–water partition coefficient (Wildman–Crippen LogP) is 2.42. The molecule has 0 aliphatic carbocycles. The standard InChI is InChI=1S/C16H24N4O3.ClH/c1-2-11-19(13-7-9-17-10-8-13)16(21)12-18-14-5-3-4-6-15(14)20(22)23;/h3-6,13,17-18H,2,7-12H2,1H3;1H. The van der Waals surface area contributed by atoms with Gasteiger partial charge in [0, 0.05) is 18.7 Å². The molecule has 0 unspecified atom stereocenters. The highest BCUT2D eigenvalue weighted by molar-refractivity contribution is 5.85. The van der Waals surface area contributed by atoms with E-state index in [1.54, 1.807) is 18.2 Å². The second-order valence-electron chi connectivity index (χ2n) is 5.70. The van der Waals surface area contributed by atoms with Crippen molar-refractivity contribution in [3.63, 3.8) is 0 Å². The highest BCUT2D eigenvalue weighted by Gasteiger charge is 2.24. The van der Waals surface area contributed by atoms with E-state index in [-0.39, 0.29) is 36.6 Å². The van der Waals surface area contributed by atoms with Crippen molar-refractivity contribution in [2.24, 2.45) is 0 Å². The van der Waals surface area contributed by atoms with E-state index in [2.05, 4.69) is 17.6 Å². The second-order valence-corrected chi connectivity index (χ2v) is 5.70. The Bertz CT molecular complexity index is 550. The molecule has 1 aromatic rings. The van der Waals surface area contributed by atoms with Crippen molar-refractivity contribution in [3.05, 3.63) is 34.4 Å². The number of halogens is 1. The highest BCUT2D eigenvalue weighted by atomic mass is 35.5. The van der Waals surface area contributed by atoms with E-state index in [0.717, 1.165) is 38.9 Å². The summed E-state index contributed by atoms with van der Waals surface area (Å²) >= 11 is 0. The Balaban J connectivity index is 0.00000288. The highest BCUT2D eigenvalue weighted by Crippen LogP contribution is 2.23. The summed E-state index contributed by atoms with van der Waals surface area (Å²) in [6.45, 7) is 4.71. The molecule has 1 amide bonds. The number of nitrogens with zero attached hydrogens (tertiary/aromatic N) is 2. The summed E-state index contributed by atoms with van der Waals surface area (Å²) in [6, 6.07) is 6.65. The third-order valence-corrected chi connectivity index (χ3v) is 4.07. The number of piperidine rings is 1. The first-order valence-electron chi connectivity index (χ1n) is 8.11. The van der Waals surface area contributed by atoms with Crippen LogP contribution in [0.3, 0.4) is 0 Å². The lowest BCUT2D eigenvalue weighted by Crippen LogP contribution is -2.48. The maximum Gasteiger partial charge on any atom is 0.292 e. The number of nitro benzene ring substituents is 1. The Morgan fingerprint density at radius 1 is 1.38 bits per heavy atom. The summed E-state index contributed by atoms with van der Waals surface area (Å²) in [4.78, 5) is 25.1. The molecule has 0 radical (unpaired) electrons. The van der Waals surface area contributed by atoms with Crippen LogP contribution in [0.5, 0.6) is 0 Å². The summed E-state index contributed by atoms with van der Waals surface area (Å²) < 4.78 is 0. The van der Waals surface area contributed by atoms with Crippen LogP contribution in [0.25, 0.3) is 0 Å². The van der Waals surface area contributed by atoms with Crippen molar-refractivity contribution in [1.29, 1.82) is 0 Å². The lowest BCUT2D eigenvalue weighted by Gasteiger charge is -2.34. The number of para-hydroxylation sites is 2. The van der Waals surface area contributed by atoms with Gasteiger partial charge in [0.05, 0.1) is 11.5 Å². The average Bonchev–Trinajstić information content (AvgIpc) is 2.58. The van der Waals surface area contributed by atoms with Crippen molar-refractivity contribution >= 4 is 29.7 Å². The van der Waals surface area contributed by atoms with Crippen molar-refractivity contribution in [1.82, 2.24) is 10.2 Å². The van der Waals surface area contributed by atoms with E-state index in [4.69, 9.17) is 0 Å². The number of rotatable bonds is 7. The SMILES string of the molecule is CCCN(C(=O)CNc1ccccc1[N+](=O)[O-])C1CCNCC1.Cl. The minimum absolute atomic E-state index is 0. The van der Waals surface area contributed by atoms with E-state index in [9.17, 15) is 14.9 Å². The zero-order valence-electron chi connectivity index (χ0n) is 13.9. The van der Waals surface area contributed by atoms with Gasteiger partial charge < -0.3 is 15.5 Å². The minimum atomic E-state index is -0.441. The third kappa shape index (κ3) is 5.35. The molecule has 0 aromatic heterocycles. The Kier molecular flexibility index (Phi) is 8.49. The summed E-state index contributed by atoms with van der Waals surface area (Å²) in [5.41, 5.74) is 0.372. The smallest absolute Gasteiger partial charge is 0.292 e. The van der Waals surface area contributed by atoms with E-state index >= 15 is 0 Å². The third-order valence-electron chi connectivity index (χ3n) is 4.07. The number of nitrogens with one attached hydrogen (secondary N) is 2.